The van der Waals surface area contributed by atoms with Gasteiger partial charge in [-0.1, -0.05) is 23.7 Å². The van der Waals surface area contributed by atoms with Crippen LogP contribution in [0.5, 0.6) is 0 Å². The van der Waals surface area contributed by atoms with Crippen LogP contribution in [-0.4, -0.2) is 30.1 Å². The maximum Gasteiger partial charge on any atom is 0.0453 e. The van der Waals surface area contributed by atoms with E-state index in [-0.39, 0.29) is 0 Å². The van der Waals surface area contributed by atoms with Crippen molar-refractivity contribution in [3.05, 3.63) is 34.3 Å². The molecule has 2 unspecified atom stereocenters. The molecule has 1 fully saturated rings. The Morgan fingerprint density at radius 1 is 1.29 bits per heavy atom. The van der Waals surface area contributed by atoms with Crippen LogP contribution in [0.4, 0.5) is 0 Å². The van der Waals surface area contributed by atoms with Gasteiger partial charge in [-0.2, -0.15) is 0 Å². The van der Waals surface area contributed by atoms with Crippen LogP contribution in [0.1, 0.15) is 25.0 Å². The van der Waals surface area contributed by atoms with E-state index in [1.807, 2.05) is 6.07 Å². The number of nitrogens with zero attached hydrogens (tertiary/aromatic N) is 1. The van der Waals surface area contributed by atoms with Crippen LogP contribution in [0, 0.1) is 6.92 Å². The maximum atomic E-state index is 6.28. The van der Waals surface area contributed by atoms with Gasteiger partial charge in [0.05, 0.1) is 0 Å². The van der Waals surface area contributed by atoms with E-state index >= 15 is 0 Å². The van der Waals surface area contributed by atoms with Crippen LogP contribution in [0.2, 0.25) is 5.02 Å². The number of rotatable bonds is 2. The van der Waals surface area contributed by atoms with E-state index in [2.05, 4.69) is 43.1 Å². The van der Waals surface area contributed by atoms with Crippen LogP contribution >= 0.6 is 11.6 Å². The zero-order chi connectivity index (χ0) is 12.4. The molecular weight excluding hydrogens is 232 g/mol. The molecule has 0 aliphatic carbocycles. The molecule has 94 valence electrons. The van der Waals surface area contributed by atoms with Gasteiger partial charge in [-0.25, -0.2) is 0 Å². The Kier molecular flexibility index (Phi) is 4.08. The summed E-state index contributed by atoms with van der Waals surface area (Å²) in [5.74, 6) is 0. The molecule has 2 rings (SSSR count). The number of halogens is 1. The van der Waals surface area contributed by atoms with Gasteiger partial charge in [0.25, 0.3) is 0 Å². The standard InChI is InChI=1S/C14H21ClN2/c1-10-4-5-13(14(15)6-10)9-17-7-11(2)16-12(3)8-17/h4-6,11-12,16H,7-9H2,1-3H3. The minimum atomic E-state index is 0.558. The summed E-state index contributed by atoms with van der Waals surface area (Å²) in [5.41, 5.74) is 2.46. The quantitative estimate of drug-likeness (QED) is 0.871. The topological polar surface area (TPSA) is 15.3 Å². The van der Waals surface area contributed by atoms with Crippen molar-refractivity contribution in [3.8, 4) is 0 Å². The Labute approximate surface area is 109 Å². The molecular formula is C14H21ClN2. The van der Waals surface area contributed by atoms with E-state index in [4.69, 9.17) is 11.6 Å². The summed E-state index contributed by atoms with van der Waals surface area (Å²) < 4.78 is 0. The highest BCUT2D eigenvalue weighted by molar-refractivity contribution is 6.31. The average molecular weight is 253 g/mol. The maximum absolute atomic E-state index is 6.28. The molecule has 0 radical (unpaired) electrons. The summed E-state index contributed by atoms with van der Waals surface area (Å²) in [4.78, 5) is 2.47. The van der Waals surface area contributed by atoms with Gasteiger partial charge in [0.15, 0.2) is 0 Å². The zero-order valence-electron chi connectivity index (χ0n) is 10.8. The molecule has 0 amide bonds. The van der Waals surface area contributed by atoms with E-state index in [0.717, 1.165) is 24.7 Å². The van der Waals surface area contributed by atoms with Gasteiger partial charge in [0.2, 0.25) is 0 Å². The van der Waals surface area contributed by atoms with Crippen molar-refractivity contribution in [3.63, 3.8) is 0 Å². The third-order valence-electron chi connectivity index (χ3n) is 3.24. The number of nitrogens with one attached hydrogen (secondary N) is 1. The highest BCUT2D eigenvalue weighted by atomic mass is 35.5. The van der Waals surface area contributed by atoms with Crippen molar-refractivity contribution in [2.45, 2.75) is 39.4 Å². The number of piperazine rings is 1. The summed E-state index contributed by atoms with van der Waals surface area (Å²) in [5, 5.41) is 4.44. The zero-order valence-corrected chi connectivity index (χ0v) is 11.6. The average Bonchev–Trinajstić information content (AvgIpc) is 2.21. The summed E-state index contributed by atoms with van der Waals surface area (Å²) in [7, 11) is 0. The lowest BCUT2D eigenvalue weighted by Gasteiger charge is -2.36. The molecule has 1 aromatic carbocycles. The molecule has 2 atom stereocenters. The van der Waals surface area contributed by atoms with E-state index < -0.39 is 0 Å². The molecule has 1 aromatic rings. The van der Waals surface area contributed by atoms with Crippen molar-refractivity contribution >= 4 is 11.6 Å². The van der Waals surface area contributed by atoms with Crippen molar-refractivity contribution < 1.29 is 0 Å². The van der Waals surface area contributed by atoms with Crippen molar-refractivity contribution in [2.24, 2.45) is 0 Å². The summed E-state index contributed by atoms with van der Waals surface area (Å²) >= 11 is 6.28. The summed E-state index contributed by atoms with van der Waals surface area (Å²) in [6.45, 7) is 9.68. The first-order valence-corrected chi connectivity index (χ1v) is 6.66. The number of aryl methyl sites for hydroxylation is 1. The first kappa shape index (κ1) is 12.9. The largest absolute Gasteiger partial charge is 0.309 e. The monoisotopic (exact) mass is 252 g/mol. The summed E-state index contributed by atoms with van der Waals surface area (Å²) in [6, 6.07) is 7.45. The van der Waals surface area contributed by atoms with Crippen LogP contribution < -0.4 is 5.32 Å². The predicted molar refractivity (Wildman–Crippen MR) is 73.5 cm³/mol. The molecule has 0 bridgehead atoms. The van der Waals surface area contributed by atoms with Gasteiger partial charge >= 0.3 is 0 Å². The second kappa shape index (κ2) is 5.38. The number of hydrogen-bond donors (Lipinski definition) is 1. The van der Waals surface area contributed by atoms with Crippen molar-refractivity contribution in [2.75, 3.05) is 13.1 Å². The minimum Gasteiger partial charge on any atom is -0.309 e. The van der Waals surface area contributed by atoms with Crippen LogP contribution in [0.15, 0.2) is 18.2 Å². The van der Waals surface area contributed by atoms with Gasteiger partial charge in [-0.05, 0) is 38.0 Å². The van der Waals surface area contributed by atoms with E-state index in [1.54, 1.807) is 0 Å². The molecule has 3 heteroatoms. The minimum absolute atomic E-state index is 0.558. The summed E-state index contributed by atoms with van der Waals surface area (Å²) in [6.07, 6.45) is 0. The molecule has 0 spiro atoms. The third-order valence-corrected chi connectivity index (χ3v) is 3.59. The smallest absolute Gasteiger partial charge is 0.0453 e. The van der Waals surface area contributed by atoms with E-state index in [0.29, 0.717) is 12.1 Å². The van der Waals surface area contributed by atoms with Gasteiger partial charge in [-0.3, -0.25) is 4.90 Å². The highest BCUT2D eigenvalue weighted by Crippen LogP contribution is 2.20. The van der Waals surface area contributed by atoms with Crippen LogP contribution in [-0.2, 0) is 6.54 Å². The molecule has 17 heavy (non-hydrogen) atoms. The number of benzene rings is 1. The highest BCUT2D eigenvalue weighted by Gasteiger charge is 2.21. The fourth-order valence-electron chi connectivity index (χ4n) is 2.59. The fraction of sp³-hybridized carbons (Fsp3) is 0.571. The lowest BCUT2D eigenvalue weighted by Crippen LogP contribution is -2.53. The molecule has 1 N–H and O–H groups in total. The van der Waals surface area contributed by atoms with Gasteiger partial charge in [0, 0.05) is 36.7 Å². The predicted octanol–water partition coefficient (Wildman–Crippen LogP) is 2.83. The molecule has 0 aromatic heterocycles. The molecule has 1 saturated heterocycles. The molecule has 2 nitrogen and oxygen atoms in total. The first-order chi connectivity index (χ1) is 8.04. The Morgan fingerprint density at radius 2 is 1.94 bits per heavy atom. The van der Waals surface area contributed by atoms with Crippen molar-refractivity contribution in [1.82, 2.24) is 10.2 Å². The van der Waals surface area contributed by atoms with Gasteiger partial charge in [0.1, 0.15) is 0 Å². The Bertz CT molecular complexity index is 382. The normalized spacial score (nSPS) is 26.1. The third kappa shape index (κ3) is 3.44. The van der Waals surface area contributed by atoms with E-state index in [9.17, 15) is 0 Å². The van der Waals surface area contributed by atoms with Gasteiger partial charge < -0.3 is 5.32 Å². The lowest BCUT2D eigenvalue weighted by atomic mass is 10.1. The fourth-order valence-corrected chi connectivity index (χ4v) is 2.89. The molecule has 1 aliphatic heterocycles. The molecule has 1 heterocycles. The van der Waals surface area contributed by atoms with Crippen molar-refractivity contribution in [1.29, 1.82) is 0 Å². The van der Waals surface area contributed by atoms with E-state index in [1.165, 1.54) is 11.1 Å². The second-order valence-electron chi connectivity index (χ2n) is 5.26. The van der Waals surface area contributed by atoms with Crippen LogP contribution in [0.25, 0.3) is 0 Å². The number of hydrogen-bond acceptors (Lipinski definition) is 2. The second-order valence-corrected chi connectivity index (χ2v) is 5.66. The Hall–Kier alpha value is -0.570. The Morgan fingerprint density at radius 3 is 2.53 bits per heavy atom. The van der Waals surface area contributed by atoms with Gasteiger partial charge in [-0.15, -0.1) is 0 Å². The van der Waals surface area contributed by atoms with Crippen LogP contribution in [0.3, 0.4) is 0 Å². The lowest BCUT2D eigenvalue weighted by molar-refractivity contribution is 0.166. The SMILES string of the molecule is Cc1ccc(CN2CC(C)NC(C)C2)c(Cl)c1. The first-order valence-electron chi connectivity index (χ1n) is 6.28. The Balaban J connectivity index is 2.04. The molecule has 0 saturated carbocycles. The molecule has 1 aliphatic rings.